The molecule has 0 N–H and O–H groups in total. The number of aromatic nitrogens is 3. The van der Waals surface area contributed by atoms with Gasteiger partial charge in [-0.2, -0.15) is 0 Å². The van der Waals surface area contributed by atoms with Crippen LogP contribution in [0.5, 0.6) is 0 Å². The molecule has 0 bridgehead atoms. The van der Waals surface area contributed by atoms with E-state index in [1.54, 1.807) is 30.9 Å². The van der Waals surface area contributed by atoms with Gasteiger partial charge in [0, 0.05) is 56.4 Å². The van der Waals surface area contributed by atoms with Crippen LogP contribution in [0.15, 0.2) is 43.0 Å². The molecule has 0 saturated carbocycles. The molecule has 2 saturated heterocycles. The summed E-state index contributed by atoms with van der Waals surface area (Å²) in [5.74, 6) is 0.865. The van der Waals surface area contributed by atoms with Gasteiger partial charge in [-0.3, -0.25) is 9.78 Å². The third-order valence-electron chi connectivity index (χ3n) is 4.52. The van der Waals surface area contributed by atoms with Crippen LogP contribution in [0, 0.1) is 5.41 Å². The topological polar surface area (TPSA) is 62.2 Å². The van der Waals surface area contributed by atoms with E-state index in [1.807, 2.05) is 17.0 Å². The molecule has 2 aromatic rings. The van der Waals surface area contributed by atoms with E-state index in [-0.39, 0.29) is 11.3 Å². The Morgan fingerprint density at radius 1 is 1.09 bits per heavy atom. The minimum atomic E-state index is 0.0770. The Bertz CT molecular complexity index is 669. The van der Waals surface area contributed by atoms with E-state index >= 15 is 0 Å². The molecule has 4 rings (SSSR count). The predicted octanol–water partition coefficient (Wildman–Crippen LogP) is 1.22. The summed E-state index contributed by atoms with van der Waals surface area (Å²) in [4.78, 5) is 29.1. The fourth-order valence-electron chi connectivity index (χ4n) is 3.40. The first-order chi connectivity index (χ1) is 10.8. The van der Waals surface area contributed by atoms with Gasteiger partial charge in [0.2, 0.25) is 5.95 Å². The third-order valence-corrected chi connectivity index (χ3v) is 4.52. The Hall–Kier alpha value is -2.50. The van der Waals surface area contributed by atoms with Crippen molar-refractivity contribution in [3.05, 3.63) is 48.5 Å². The Kier molecular flexibility index (Phi) is 3.03. The zero-order chi connectivity index (χ0) is 15.0. The maximum absolute atomic E-state index is 12.4. The molecule has 1 spiro atoms. The van der Waals surface area contributed by atoms with Crippen LogP contribution in [0.3, 0.4) is 0 Å². The highest BCUT2D eigenvalue weighted by molar-refractivity contribution is 5.94. The SMILES string of the molecule is O=C(c1cccnc1)N1CC2(CCN(c3ncccn3)C2)C1. The van der Waals surface area contributed by atoms with Crippen LogP contribution >= 0.6 is 0 Å². The zero-order valence-corrected chi connectivity index (χ0v) is 12.2. The first kappa shape index (κ1) is 13.2. The molecule has 1 amide bonds. The molecule has 2 aliphatic rings. The number of nitrogens with zero attached hydrogens (tertiary/aromatic N) is 5. The van der Waals surface area contributed by atoms with E-state index in [2.05, 4.69) is 19.9 Å². The fraction of sp³-hybridized carbons (Fsp3) is 0.375. The third kappa shape index (κ3) is 2.20. The number of carbonyl (C=O) groups is 1. The van der Waals surface area contributed by atoms with E-state index < -0.39 is 0 Å². The molecule has 6 heteroatoms. The van der Waals surface area contributed by atoms with Crippen molar-refractivity contribution >= 4 is 11.9 Å². The van der Waals surface area contributed by atoms with Crippen molar-refractivity contribution in [3.63, 3.8) is 0 Å². The molecule has 2 aromatic heterocycles. The molecule has 2 aliphatic heterocycles. The average molecular weight is 295 g/mol. The second-order valence-electron chi connectivity index (χ2n) is 6.12. The Balaban J connectivity index is 1.40. The van der Waals surface area contributed by atoms with Gasteiger partial charge in [0.1, 0.15) is 0 Å². The van der Waals surface area contributed by atoms with Crippen LogP contribution in [0.25, 0.3) is 0 Å². The summed E-state index contributed by atoms with van der Waals surface area (Å²) in [6.07, 6.45) is 7.94. The van der Waals surface area contributed by atoms with Crippen LogP contribution in [0.1, 0.15) is 16.8 Å². The monoisotopic (exact) mass is 295 g/mol. The molecule has 6 nitrogen and oxygen atoms in total. The standard InChI is InChI=1S/C16H17N5O/c22-14(13-3-1-5-17-9-13)21-11-16(12-21)4-8-20(10-16)15-18-6-2-7-19-15/h1-3,5-7,9H,4,8,10-12H2. The van der Waals surface area contributed by atoms with Gasteiger partial charge in [0.15, 0.2) is 0 Å². The highest BCUT2D eigenvalue weighted by Gasteiger charge is 2.49. The van der Waals surface area contributed by atoms with Gasteiger partial charge in [0.25, 0.3) is 5.91 Å². The summed E-state index contributed by atoms with van der Waals surface area (Å²) < 4.78 is 0. The number of rotatable bonds is 2. The van der Waals surface area contributed by atoms with Crippen LogP contribution in [-0.4, -0.2) is 51.9 Å². The van der Waals surface area contributed by atoms with Crippen molar-refractivity contribution in [3.8, 4) is 0 Å². The van der Waals surface area contributed by atoms with Crippen LogP contribution in [-0.2, 0) is 0 Å². The summed E-state index contributed by atoms with van der Waals surface area (Å²) in [5.41, 5.74) is 0.871. The van der Waals surface area contributed by atoms with Gasteiger partial charge in [0.05, 0.1) is 5.56 Å². The molecule has 0 unspecified atom stereocenters. The van der Waals surface area contributed by atoms with Crippen LogP contribution < -0.4 is 4.90 Å². The minimum Gasteiger partial charge on any atom is -0.340 e. The lowest BCUT2D eigenvalue weighted by Crippen LogP contribution is -2.59. The molecule has 0 aliphatic carbocycles. The van der Waals surface area contributed by atoms with Crippen molar-refractivity contribution in [2.45, 2.75) is 6.42 Å². The summed E-state index contributed by atoms with van der Waals surface area (Å²) in [5, 5.41) is 0. The normalized spacial score (nSPS) is 19.3. The molecule has 112 valence electrons. The maximum atomic E-state index is 12.4. The van der Waals surface area contributed by atoms with Crippen molar-refractivity contribution in [2.24, 2.45) is 5.41 Å². The largest absolute Gasteiger partial charge is 0.340 e. The second kappa shape index (κ2) is 5.05. The van der Waals surface area contributed by atoms with Crippen molar-refractivity contribution in [1.29, 1.82) is 0 Å². The van der Waals surface area contributed by atoms with Crippen LogP contribution in [0.2, 0.25) is 0 Å². The first-order valence-electron chi connectivity index (χ1n) is 7.47. The number of likely N-dealkylation sites (tertiary alicyclic amines) is 1. The van der Waals surface area contributed by atoms with Crippen molar-refractivity contribution < 1.29 is 4.79 Å². The van der Waals surface area contributed by atoms with E-state index in [1.165, 1.54) is 0 Å². The lowest BCUT2D eigenvalue weighted by molar-refractivity contribution is 0.0166. The quantitative estimate of drug-likeness (QED) is 0.834. The van der Waals surface area contributed by atoms with E-state index in [0.29, 0.717) is 5.56 Å². The zero-order valence-electron chi connectivity index (χ0n) is 12.2. The van der Waals surface area contributed by atoms with Crippen molar-refractivity contribution in [2.75, 3.05) is 31.1 Å². The lowest BCUT2D eigenvalue weighted by atomic mass is 9.79. The summed E-state index contributed by atoms with van der Waals surface area (Å²) in [6.45, 7) is 3.50. The lowest BCUT2D eigenvalue weighted by Gasteiger charge is -2.47. The Labute approximate surface area is 128 Å². The number of carbonyl (C=O) groups excluding carboxylic acids is 1. The van der Waals surface area contributed by atoms with Gasteiger partial charge < -0.3 is 9.80 Å². The highest BCUT2D eigenvalue weighted by Crippen LogP contribution is 2.40. The number of hydrogen-bond donors (Lipinski definition) is 0. The molecule has 4 heterocycles. The van der Waals surface area contributed by atoms with Gasteiger partial charge in [-0.05, 0) is 24.6 Å². The van der Waals surface area contributed by atoms with E-state index in [9.17, 15) is 4.79 Å². The first-order valence-corrected chi connectivity index (χ1v) is 7.47. The molecule has 2 fully saturated rings. The Morgan fingerprint density at radius 2 is 1.91 bits per heavy atom. The Morgan fingerprint density at radius 3 is 2.64 bits per heavy atom. The maximum Gasteiger partial charge on any atom is 0.255 e. The number of pyridine rings is 1. The van der Waals surface area contributed by atoms with E-state index in [4.69, 9.17) is 0 Å². The van der Waals surface area contributed by atoms with Gasteiger partial charge in [-0.1, -0.05) is 0 Å². The molecular weight excluding hydrogens is 278 g/mol. The molecular formula is C16H17N5O. The fourth-order valence-corrected chi connectivity index (χ4v) is 3.40. The summed E-state index contributed by atoms with van der Waals surface area (Å²) in [7, 11) is 0. The highest BCUT2D eigenvalue weighted by atomic mass is 16.2. The summed E-state index contributed by atoms with van der Waals surface area (Å²) >= 11 is 0. The smallest absolute Gasteiger partial charge is 0.255 e. The summed E-state index contributed by atoms with van der Waals surface area (Å²) in [6, 6.07) is 5.44. The minimum absolute atomic E-state index is 0.0770. The number of amides is 1. The van der Waals surface area contributed by atoms with Gasteiger partial charge in [-0.25, -0.2) is 9.97 Å². The van der Waals surface area contributed by atoms with Gasteiger partial charge in [-0.15, -0.1) is 0 Å². The predicted molar refractivity (Wildman–Crippen MR) is 81.4 cm³/mol. The molecule has 22 heavy (non-hydrogen) atoms. The van der Waals surface area contributed by atoms with Crippen molar-refractivity contribution in [1.82, 2.24) is 19.9 Å². The van der Waals surface area contributed by atoms with E-state index in [0.717, 1.165) is 38.5 Å². The molecule has 0 radical (unpaired) electrons. The number of hydrogen-bond acceptors (Lipinski definition) is 5. The number of anilines is 1. The van der Waals surface area contributed by atoms with Crippen LogP contribution in [0.4, 0.5) is 5.95 Å². The average Bonchev–Trinajstić information content (AvgIpc) is 3.00. The molecule has 0 atom stereocenters. The molecule has 0 aromatic carbocycles. The second-order valence-corrected chi connectivity index (χ2v) is 6.12. The van der Waals surface area contributed by atoms with Gasteiger partial charge >= 0.3 is 0 Å².